The van der Waals surface area contributed by atoms with E-state index in [0.29, 0.717) is 12.1 Å². The Labute approximate surface area is 128 Å². The summed E-state index contributed by atoms with van der Waals surface area (Å²) in [6, 6.07) is 12.1. The summed E-state index contributed by atoms with van der Waals surface area (Å²) in [5.74, 6) is 0. The van der Waals surface area contributed by atoms with E-state index in [1.54, 1.807) is 0 Å². The van der Waals surface area contributed by atoms with Crippen molar-refractivity contribution < 1.29 is 4.74 Å². The number of morpholine rings is 1. The molecule has 1 aromatic rings. The summed E-state index contributed by atoms with van der Waals surface area (Å²) in [5.41, 5.74) is 1.45. The van der Waals surface area contributed by atoms with Gasteiger partial charge in [0.1, 0.15) is 0 Å². The lowest BCUT2D eigenvalue weighted by Gasteiger charge is -2.40. The number of hydrogen-bond donors (Lipinski definition) is 0. The van der Waals surface area contributed by atoms with Crippen LogP contribution in [-0.4, -0.2) is 60.8 Å². The molecule has 3 rings (SSSR count). The van der Waals surface area contributed by atoms with Crippen molar-refractivity contribution in [2.24, 2.45) is 0 Å². The molecule has 2 fully saturated rings. The molecular formula is C18H28N2O. The monoisotopic (exact) mass is 288 g/mol. The van der Waals surface area contributed by atoms with Gasteiger partial charge in [0.05, 0.1) is 12.7 Å². The van der Waals surface area contributed by atoms with E-state index in [9.17, 15) is 0 Å². The van der Waals surface area contributed by atoms with E-state index >= 15 is 0 Å². The zero-order valence-electron chi connectivity index (χ0n) is 13.4. The van der Waals surface area contributed by atoms with Crippen LogP contribution in [0.5, 0.6) is 0 Å². The SMILES string of the molecule is C[C@@H]1CN([C@@H]2CCN(CCc3ccccc3)C2)[C@@H](C)CO1. The summed E-state index contributed by atoms with van der Waals surface area (Å²) >= 11 is 0. The van der Waals surface area contributed by atoms with E-state index in [2.05, 4.69) is 54.0 Å². The summed E-state index contributed by atoms with van der Waals surface area (Å²) in [7, 11) is 0. The highest BCUT2D eigenvalue weighted by Gasteiger charge is 2.33. The predicted molar refractivity (Wildman–Crippen MR) is 86.6 cm³/mol. The number of hydrogen-bond acceptors (Lipinski definition) is 3. The Bertz CT molecular complexity index is 436. The molecule has 0 unspecified atom stereocenters. The number of rotatable bonds is 4. The van der Waals surface area contributed by atoms with Crippen LogP contribution >= 0.6 is 0 Å². The van der Waals surface area contributed by atoms with Gasteiger partial charge < -0.3 is 9.64 Å². The van der Waals surface area contributed by atoms with Crippen LogP contribution in [0.1, 0.15) is 25.8 Å². The van der Waals surface area contributed by atoms with Crippen molar-refractivity contribution in [1.29, 1.82) is 0 Å². The second kappa shape index (κ2) is 6.91. The highest BCUT2D eigenvalue weighted by molar-refractivity contribution is 5.14. The van der Waals surface area contributed by atoms with Gasteiger partial charge in [-0.05, 0) is 38.8 Å². The van der Waals surface area contributed by atoms with E-state index < -0.39 is 0 Å². The van der Waals surface area contributed by atoms with Gasteiger partial charge in [-0.1, -0.05) is 30.3 Å². The van der Waals surface area contributed by atoms with E-state index in [1.807, 2.05) is 0 Å². The highest BCUT2D eigenvalue weighted by atomic mass is 16.5. The van der Waals surface area contributed by atoms with Crippen molar-refractivity contribution in [1.82, 2.24) is 9.80 Å². The Morgan fingerprint density at radius 1 is 1.14 bits per heavy atom. The topological polar surface area (TPSA) is 15.7 Å². The molecule has 21 heavy (non-hydrogen) atoms. The summed E-state index contributed by atoms with van der Waals surface area (Å²) in [4.78, 5) is 5.31. The Morgan fingerprint density at radius 3 is 2.76 bits per heavy atom. The second-order valence-corrected chi connectivity index (χ2v) is 6.67. The zero-order valence-corrected chi connectivity index (χ0v) is 13.4. The fourth-order valence-electron chi connectivity index (χ4n) is 3.66. The molecule has 2 aliphatic heterocycles. The van der Waals surface area contributed by atoms with Crippen molar-refractivity contribution in [2.45, 2.75) is 44.9 Å². The smallest absolute Gasteiger partial charge is 0.0674 e. The molecule has 3 nitrogen and oxygen atoms in total. The summed E-state index contributed by atoms with van der Waals surface area (Å²) in [6.07, 6.45) is 2.87. The molecule has 0 radical (unpaired) electrons. The van der Waals surface area contributed by atoms with Crippen LogP contribution in [0.25, 0.3) is 0 Å². The number of likely N-dealkylation sites (tertiary alicyclic amines) is 1. The molecular weight excluding hydrogens is 260 g/mol. The van der Waals surface area contributed by atoms with Gasteiger partial charge in [-0.3, -0.25) is 4.90 Å². The predicted octanol–water partition coefficient (Wildman–Crippen LogP) is 2.41. The molecule has 2 aliphatic rings. The van der Waals surface area contributed by atoms with E-state index in [0.717, 1.165) is 19.2 Å². The first-order valence-electron chi connectivity index (χ1n) is 8.36. The van der Waals surface area contributed by atoms with Crippen LogP contribution in [0, 0.1) is 0 Å². The van der Waals surface area contributed by atoms with Crippen LogP contribution in [0.3, 0.4) is 0 Å². The van der Waals surface area contributed by atoms with Crippen LogP contribution in [0.2, 0.25) is 0 Å². The Hall–Kier alpha value is -0.900. The maximum absolute atomic E-state index is 5.76. The van der Waals surface area contributed by atoms with Crippen molar-refractivity contribution in [3.8, 4) is 0 Å². The van der Waals surface area contributed by atoms with Crippen LogP contribution in [-0.2, 0) is 11.2 Å². The number of nitrogens with zero attached hydrogens (tertiary/aromatic N) is 2. The molecule has 116 valence electrons. The molecule has 0 amide bonds. The van der Waals surface area contributed by atoms with Gasteiger partial charge >= 0.3 is 0 Å². The fraction of sp³-hybridized carbons (Fsp3) is 0.667. The maximum atomic E-state index is 5.76. The van der Waals surface area contributed by atoms with E-state index in [4.69, 9.17) is 4.74 Å². The first-order chi connectivity index (χ1) is 10.2. The standard InChI is InChI=1S/C18H28N2O/c1-15-14-21-16(2)12-20(15)18-9-11-19(13-18)10-8-17-6-4-3-5-7-17/h3-7,15-16,18H,8-14H2,1-2H3/t15-,16+,18+/m0/s1. The highest BCUT2D eigenvalue weighted by Crippen LogP contribution is 2.22. The van der Waals surface area contributed by atoms with Crippen LogP contribution in [0.4, 0.5) is 0 Å². The van der Waals surface area contributed by atoms with Gasteiger partial charge in [-0.2, -0.15) is 0 Å². The summed E-state index contributed by atoms with van der Waals surface area (Å²) in [5, 5.41) is 0. The van der Waals surface area contributed by atoms with Gasteiger partial charge in [0, 0.05) is 31.7 Å². The molecule has 0 N–H and O–H groups in total. The van der Waals surface area contributed by atoms with Gasteiger partial charge in [0.15, 0.2) is 0 Å². The Balaban J connectivity index is 1.48. The first kappa shape index (κ1) is 15.0. The second-order valence-electron chi connectivity index (χ2n) is 6.67. The van der Waals surface area contributed by atoms with Crippen LogP contribution < -0.4 is 0 Å². The van der Waals surface area contributed by atoms with Crippen molar-refractivity contribution >= 4 is 0 Å². The lowest BCUT2D eigenvalue weighted by molar-refractivity contribution is -0.0642. The number of benzene rings is 1. The number of ether oxygens (including phenoxy) is 1. The molecule has 0 aliphatic carbocycles. The van der Waals surface area contributed by atoms with Gasteiger partial charge in [0.2, 0.25) is 0 Å². The summed E-state index contributed by atoms with van der Waals surface area (Å²) in [6.45, 7) is 10.1. The third-order valence-electron chi connectivity index (χ3n) is 4.93. The van der Waals surface area contributed by atoms with E-state index in [1.165, 1.54) is 38.0 Å². The average Bonchev–Trinajstić information content (AvgIpc) is 2.97. The Kier molecular flexibility index (Phi) is 4.94. The minimum atomic E-state index is 0.388. The van der Waals surface area contributed by atoms with Crippen molar-refractivity contribution in [3.63, 3.8) is 0 Å². The molecule has 2 heterocycles. The van der Waals surface area contributed by atoms with Crippen molar-refractivity contribution in [3.05, 3.63) is 35.9 Å². The van der Waals surface area contributed by atoms with Crippen molar-refractivity contribution in [2.75, 3.05) is 32.8 Å². The van der Waals surface area contributed by atoms with Crippen LogP contribution in [0.15, 0.2) is 30.3 Å². The van der Waals surface area contributed by atoms with Gasteiger partial charge in [-0.15, -0.1) is 0 Å². The van der Waals surface area contributed by atoms with Gasteiger partial charge in [-0.25, -0.2) is 0 Å². The lowest BCUT2D eigenvalue weighted by Crippen LogP contribution is -2.52. The largest absolute Gasteiger partial charge is 0.376 e. The maximum Gasteiger partial charge on any atom is 0.0674 e. The third-order valence-corrected chi connectivity index (χ3v) is 4.93. The minimum absolute atomic E-state index is 0.388. The first-order valence-corrected chi connectivity index (χ1v) is 8.36. The molecule has 0 saturated carbocycles. The molecule has 0 aromatic heterocycles. The normalized spacial score (nSPS) is 31.6. The zero-order chi connectivity index (χ0) is 14.7. The molecule has 0 bridgehead atoms. The molecule has 3 atom stereocenters. The Morgan fingerprint density at radius 2 is 1.95 bits per heavy atom. The molecule has 0 spiro atoms. The van der Waals surface area contributed by atoms with E-state index in [-0.39, 0.29) is 0 Å². The molecule has 2 saturated heterocycles. The minimum Gasteiger partial charge on any atom is -0.376 e. The third kappa shape index (κ3) is 3.85. The molecule has 3 heteroatoms. The summed E-state index contributed by atoms with van der Waals surface area (Å²) < 4.78 is 5.76. The van der Waals surface area contributed by atoms with Gasteiger partial charge in [0.25, 0.3) is 0 Å². The quantitative estimate of drug-likeness (QED) is 0.846. The molecule has 1 aromatic carbocycles. The lowest BCUT2D eigenvalue weighted by atomic mass is 10.1. The fourth-order valence-corrected chi connectivity index (χ4v) is 3.66. The average molecular weight is 288 g/mol.